The number of piperazine rings is 1. The number of rotatable bonds is 3. The molecule has 2 saturated heterocycles. The summed E-state index contributed by atoms with van der Waals surface area (Å²) in [6, 6.07) is 14.5. The van der Waals surface area contributed by atoms with Gasteiger partial charge in [-0.25, -0.2) is 4.98 Å². The van der Waals surface area contributed by atoms with Crippen molar-refractivity contribution in [1.82, 2.24) is 9.88 Å². The fourth-order valence-electron chi connectivity index (χ4n) is 4.00. The smallest absolute Gasteiger partial charge is 0.272 e. The first-order valence-electron chi connectivity index (χ1n) is 10.1. The number of hydrogen-bond acceptors (Lipinski definition) is 4. The lowest BCUT2D eigenvalue weighted by Crippen LogP contribution is -2.46. The molecule has 2 aromatic rings. The molecule has 2 aliphatic heterocycles. The molecule has 1 aromatic carbocycles. The SMILES string of the molecule is O=C(c1ccc(N2CCN(c3ccccc3)CC2)cn1)N1CCCCCC1. The first kappa shape index (κ1) is 17.8. The number of benzene rings is 1. The molecule has 5 heteroatoms. The Morgan fingerprint density at radius 2 is 1.33 bits per heavy atom. The van der Waals surface area contributed by atoms with Gasteiger partial charge in [0.25, 0.3) is 5.91 Å². The number of nitrogens with zero attached hydrogens (tertiary/aromatic N) is 4. The molecule has 5 nitrogen and oxygen atoms in total. The van der Waals surface area contributed by atoms with Gasteiger partial charge in [-0.3, -0.25) is 4.79 Å². The maximum absolute atomic E-state index is 12.7. The number of anilines is 2. The number of para-hydroxylation sites is 1. The minimum atomic E-state index is 0.0809. The Hall–Kier alpha value is -2.56. The lowest BCUT2D eigenvalue weighted by atomic mass is 10.2. The van der Waals surface area contributed by atoms with E-state index >= 15 is 0 Å². The maximum Gasteiger partial charge on any atom is 0.272 e. The van der Waals surface area contributed by atoms with Crippen molar-refractivity contribution in [2.75, 3.05) is 49.1 Å². The summed E-state index contributed by atoms with van der Waals surface area (Å²) < 4.78 is 0. The summed E-state index contributed by atoms with van der Waals surface area (Å²) in [7, 11) is 0. The summed E-state index contributed by atoms with van der Waals surface area (Å²) >= 11 is 0. The van der Waals surface area contributed by atoms with Gasteiger partial charge in [-0.1, -0.05) is 31.0 Å². The largest absolute Gasteiger partial charge is 0.368 e. The molecular formula is C22H28N4O. The van der Waals surface area contributed by atoms with Crippen molar-refractivity contribution < 1.29 is 4.79 Å². The van der Waals surface area contributed by atoms with Gasteiger partial charge in [0.2, 0.25) is 0 Å². The van der Waals surface area contributed by atoms with Gasteiger partial charge in [0.1, 0.15) is 5.69 Å². The van der Waals surface area contributed by atoms with E-state index in [1.54, 1.807) is 0 Å². The van der Waals surface area contributed by atoms with Crippen molar-refractivity contribution in [2.24, 2.45) is 0 Å². The van der Waals surface area contributed by atoms with Gasteiger partial charge in [-0.05, 0) is 37.1 Å². The van der Waals surface area contributed by atoms with Crippen LogP contribution in [-0.4, -0.2) is 55.1 Å². The quantitative estimate of drug-likeness (QED) is 0.837. The fourth-order valence-corrected chi connectivity index (χ4v) is 4.00. The second-order valence-electron chi connectivity index (χ2n) is 7.42. The summed E-state index contributed by atoms with van der Waals surface area (Å²) in [5.41, 5.74) is 2.97. The molecule has 1 aromatic heterocycles. The Labute approximate surface area is 161 Å². The second kappa shape index (κ2) is 8.42. The highest BCUT2D eigenvalue weighted by Gasteiger charge is 2.20. The second-order valence-corrected chi connectivity index (χ2v) is 7.42. The molecule has 0 aliphatic carbocycles. The van der Waals surface area contributed by atoms with E-state index in [0.717, 1.165) is 57.8 Å². The molecule has 0 saturated carbocycles. The first-order valence-corrected chi connectivity index (χ1v) is 10.1. The average Bonchev–Trinajstić information content (AvgIpc) is 3.04. The number of carbonyl (C=O) groups excluding carboxylic acids is 1. The molecule has 0 bridgehead atoms. The lowest BCUT2D eigenvalue weighted by Gasteiger charge is -2.37. The van der Waals surface area contributed by atoms with E-state index in [4.69, 9.17) is 0 Å². The Morgan fingerprint density at radius 1 is 0.704 bits per heavy atom. The van der Waals surface area contributed by atoms with E-state index in [1.807, 2.05) is 17.2 Å². The molecule has 2 aliphatic rings. The van der Waals surface area contributed by atoms with Crippen LogP contribution in [0.15, 0.2) is 48.7 Å². The minimum absolute atomic E-state index is 0.0809. The topological polar surface area (TPSA) is 39.7 Å². The van der Waals surface area contributed by atoms with Gasteiger partial charge in [0.05, 0.1) is 11.9 Å². The lowest BCUT2D eigenvalue weighted by molar-refractivity contribution is 0.0756. The van der Waals surface area contributed by atoms with Crippen LogP contribution in [0.25, 0.3) is 0 Å². The first-order chi connectivity index (χ1) is 13.3. The Morgan fingerprint density at radius 3 is 1.93 bits per heavy atom. The summed E-state index contributed by atoms with van der Waals surface area (Å²) in [6.45, 7) is 5.66. The summed E-state index contributed by atoms with van der Waals surface area (Å²) in [5.74, 6) is 0.0809. The number of likely N-dealkylation sites (tertiary alicyclic amines) is 1. The average molecular weight is 364 g/mol. The highest BCUT2D eigenvalue weighted by atomic mass is 16.2. The van der Waals surface area contributed by atoms with Crippen LogP contribution in [0.1, 0.15) is 36.2 Å². The predicted octanol–water partition coefficient (Wildman–Crippen LogP) is 3.42. The van der Waals surface area contributed by atoms with Crippen LogP contribution in [0.5, 0.6) is 0 Å². The summed E-state index contributed by atoms with van der Waals surface area (Å²) in [6.07, 6.45) is 6.53. The predicted molar refractivity (Wildman–Crippen MR) is 109 cm³/mol. The molecule has 4 rings (SSSR count). The highest BCUT2D eigenvalue weighted by Crippen LogP contribution is 2.20. The van der Waals surface area contributed by atoms with E-state index in [9.17, 15) is 4.79 Å². The van der Waals surface area contributed by atoms with Crippen molar-refractivity contribution in [3.8, 4) is 0 Å². The molecule has 0 spiro atoms. The van der Waals surface area contributed by atoms with E-state index in [1.165, 1.54) is 18.5 Å². The van der Waals surface area contributed by atoms with E-state index in [2.05, 4.69) is 51.2 Å². The third kappa shape index (κ3) is 4.24. The third-order valence-corrected chi connectivity index (χ3v) is 5.63. The molecule has 27 heavy (non-hydrogen) atoms. The Bertz CT molecular complexity index is 731. The maximum atomic E-state index is 12.7. The molecular weight excluding hydrogens is 336 g/mol. The molecule has 0 N–H and O–H groups in total. The van der Waals surface area contributed by atoms with Crippen LogP contribution >= 0.6 is 0 Å². The van der Waals surface area contributed by atoms with Gasteiger partial charge < -0.3 is 14.7 Å². The van der Waals surface area contributed by atoms with Crippen molar-refractivity contribution in [3.63, 3.8) is 0 Å². The normalized spacial score (nSPS) is 18.3. The Kier molecular flexibility index (Phi) is 5.56. The van der Waals surface area contributed by atoms with Gasteiger partial charge in [-0.2, -0.15) is 0 Å². The molecule has 1 amide bonds. The van der Waals surface area contributed by atoms with Crippen LogP contribution in [0.3, 0.4) is 0 Å². The van der Waals surface area contributed by atoms with E-state index in [-0.39, 0.29) is 5.91 Å². The number of carbonyl (C=O) groups is 1. The molecule has 0 radical (unpaired) electrons. The zero-order valence-corrected chi connectivity index (χ0v) is 15.9. The molecule has 142 valence electrons. The van der Waals surface area contributed by atoms with Gasteiger partial charge in [-0.15, -0.1) is 0 Å². The van der Waals surface area contributed by atoms with Crippen LogP contribution in [0.4, 0.5) is 11.4 Å². The monoisotopic (exact) mass is 364 g/mol. The molecule has 2 fully saturated rings. The van der Waals surface area contributed by atoms with Crippen LogP contribution < -0.4 is 9.80 Å². The molecule has 3 heterocycles. The minimum Gasteiger partial charge on any atom is -0.368 e. The zero-order valence-electron chi connectivity index (χ0n) is 15.9. The van der Waals surface area contributed by atoms with Gasteiger partial charge >= 0.3 is 0 Å². The van der Waals surface area contributed by atoms with E-state index in [0.29, 0.717) is 5.69 Å². The van der Waals surface area contributed by atoms with Crippen molar-refractivity contribution >= 4 is 17.3 Å². The standard InChI is InChI=1S/C22H28N4O/c27-22(26-12-6-1-2-7-13-26)21-11-10-20(18-23-21)25-16-14-24(15-17-25)19-8-4-3-5-9-19/h3-5,8-11,18H,1-2,6-7,12-17H2. The number of hydrogen-bond donors (Lipinski definition) is 0. The van der Waals surface area contributed by atoms with Crippen molar-refractivity contribution in [2.45, 2.75) is 25.7 Å². The number of pyridine rings is 1. The zero-order chi connectivity index (χ0) is 18.5. The molecule has 0 unspecified atom stereocenters. The van der Waals surface area contributed by atoms with Crippen molar-refractivity contribution in [1.29, 1.82) is 0 Å². The fraction of sp³-hybridized carbons (Fsp3) is 0.455. The number of aromatic nitrogens is 1. The molecule has 0 atom stereocenters. The van der Waals surface area contributed by atoms with Crippen LogP contribution in [0.2, 0.25) is 0 Å². The summed E-state index contributed by atoms with van der Waals surface area (Å²) in [4.78, 5) is 23.9. The van der Waals surface area contributed by atoms with Crippen LogP contribution in [0, 0.1) is 0 Å². The Balaban J connectivity index is 1.36. The number of amides is 1. The van der Waals surface area contributed by atoms with E-state index < -0.39 is 0 Å². The van der Waals surface area contributed by atoms with Gasteiger partial charge in [0.15, 0.2) is 0 Å². The van der Waals surface area contributed by atoms with Crippen LogP contribution in [-0.2, 0) is 0 Å². The third-order valence-electron chi connectivity index (χ3n) is 5.63. The van der Waals surface area contributed by atoms with Gasteiger partial charge in [0, 0.05) is 45.0 Å². The summed E-state index contributed by atoms with van der Waals surface area (Å²) in [5, 5.41) is 0. The highest BCUT2D eigenvalue weighted by molar-refractivity contribution is 5.92. The van der Waals surface area contributed by atoms with Crippen molar-refractivity contribution in [3.05, 3.63) is 54.4 Å².